The number of nitrogens with zero attached hydrogens (tertiary/aromatic N) is 3. The van der Waals surface area contributed by atoms with Crippen molar-refractivity contribution in [2.45, 2.75) is 45.6 Å². The monoisotopic (exact) mass is 421 g/mol. The second-order valence-corrected chi connectivity index (χ2v) is 9.80. The lowest BCUT2D eigenvalue weighted by molar-refractivity contribution is 0.206. The van der Waals surface area contributed by atoms with Gasteiger partial charge < -0.3 is 15.5 Å². The Balaban J connectivity index is 1.54. The molecule has 2 aliphatic rings. The van der Waals surface area contributed by atoms with Crippen LogP contribution in [0.3, 0.4) is 0 Å². The molecule has 2 N–H and O–H groups in total. The van der Waals surface area contributed by atoms with E-state index in [1.54, 1.807) is 4.31 Å². The maximum absolute atomic E-state index is 12.8. The van der Waals surface area contributed by atoms with E-state index in [0.717, 1.165) is 56.1 Å². The van der Waals surface area contributed by atoms with Crippen LogP contribution >= 0.6 is 0 Å². The van der Waals surface area contributed by atoms with Crippen molar-refractivity contribution < 1.29 is 8.42 Å². The van der Waals surface area contributed by atoms with E-state index >= 15 is 0 Å². The van der Waals surface area contributed by atoms with Crippen LogP contribution in [0.1, 0.15) is 38.7 Å². The van der Waals surface area contributed by atoms with Crippen LogP contribution in [0, 0.1) is 0 Å². The minimum Gasteiger partial charge on any atom is -0.357 e. The highest BCUT2D eigenvalue weighted by atomic mass is 32.2. The van der Waals surface area contributed by atoms with Crippen molar-refractivity contribution in [3.05, 3.63) is 29.8 Å². The molecular weight excluding hydrogens is 386 g/mol. The summed E-state index contributed by atoms with van der Waals surface area (Å²) in [6.07, 6.45) is 4.15. The third-order valence-corrected chi connectivity index (χ3v) is 7.36. The third-order valence-electron chi connectivity index (χ3n) is 5.61. The number of benzene rings is 1. The van der Waals surface area contributed by atoms with Gasteiger partial charge in [0.25, 0.3) is 0 Å². The zero-order valence-electron chi connectivity index (χ0n) is 17.7. The predicted octanol–water partition coefficient (Wildman–Crippen LogP) is 1.81. The van der Waals surface area contributed by atoms with E-state index in [2.05, 4.69) is 27.4 Å². The molecule has 8 heteroatoms. The Kier molecular flexibility index (Phi) is 7.77. The van der Waals surface area contributed by atoms with Gasteiger partial charge in [-0.2, -0.15) is 0 Å². The number of rotatable bonds is 8. The van der Waals surface area contributed by atoms with Gasteiger partial charge in [-0.05, 0) is 50.8 Å². The first-order valence-corrected chi connectivity index (χ1v) is 12.5. The van der Waals surface area contributed by atoms with Gasteiger partial charge in [0.15, 0.2) is 5.96 Å². The molecule has 0 amide bonds. The maximum Gasteiger partial charge on any atom is 0.237 e. The quantitative estimate of drug-likeness (QED) is 0.495. The van der Waals surface area contributed by atoms with Gasteiger partial charge in [-0.15, -0.1) is 0 Å². The SMILES string of the molecule is CCCN1CCC(NC(=NCCS(=O)(=O)N2CCc3ccccc32)NCC)CC1. The third kappa shape index (κ3) is 5.85. The van der Waals surface area contributed by atoms with E-state index in [4.69, 9.17) is 0 Å². The van der Waals surface area contributed by atoms with Gasteiger partial charge in [0.05, 0.1) is 18.0 Å². The fraction of sp³-hybridized carbons (Fsp3) is 0.667. The van der Waals surface area contributed by atoms with Crippen molar-refractivity contribution in [1.82, 2.24) is 15.5 Å². The number of sulfonamides is 1. The Bertz CT molecular complexity index is 788. The Morgan fingerprint density at radius 2 is 1.93 bits per heavy atom. The number of para-hydroxylation sites is 1. The van der Waals surface area contributed by atoms with Crippen molar-refractivity contribution in [3.8, 4) is 0 Å². The van der Waals surface area contributed by atoms with Crippen LogP contribution in [0.25, 0.3) is 0 Å². The summed E-state index contributed by atoms with van der Waals surface area (Å²) in [4.78, 5) is 7.05. The molecule has 2 aliphatic heterocycles. The van der Waals surface area contributed by atoms with Crippen molar-refractivity contribution in [2.24, 2.45) is 4.99 Å². The number of guanidine groups is 1. The Morgan fingerprint density at radius 3 is 2.66 bits per heavy atom. The van der Waals surface area contributed by atoms with Crippen LogP contribution in [0.2, 0.25) is 0 Å². The average Bonchev–Trinajstić information content (AvgIpc) is 3.15. The summed E-state index contributed by atoms with van der Waals surface area (Å²) in [5.74, 6) is 0.741. The lowest BCUT2D eigenvalue weighted by atomic mass is 10.1. The van der Waals surface area contributed by atoms with Gasteiger partial charge in [0.2, 0.25) is 10.0 Å². The predicted molar refractivity (Wildman–Crippen MR) is 120 cm³/mol. The molecule has 1 saturated heterocycles. The first-order chi connectivity index (χ1) is 14.0. The molecule has 162 valence electrons. The standard InChI is InChI=1S/C21H35N5O2S/c1-3-13-25-14-10-19(11-15-25)24-21(22-4-2)23-12-17-29(27,28)26-16-9-18-7-5-6-8-20(18)26/h5-8,19H,3-4,9-17H2,1-2H3,(H2,22,23,24). The van der Waals surface area contributed by atoms with Crippen molar-refractivity contribution in [3.63, 3.8) is 0 Å². The highest BCUT2D eigenvalue weighted by Crippen LogP contribution is 2.29. The molecule has 0 aliphatic carbocycles. The van der Waals surface area contributed by atoms with E-state index in [-0.39, 0.29) is 12.3 Å². The largest absolute Gasteiger partial charge is 0.357 e. The summed E-state index contributed by atoms with van der Waals surface area (Å²) in [6.45, 7) is 9.16. The number of hydrogen-bond acceptors (Lipinski definition) is 4. The second-order valence-electron chi connectivity index (χ2n) is 7.79. The van der Waals surface area contributed by atoms with Crippen LogP contribution in [0.4, 0.5) is 5.69 Å². The van der Waals surface area contributed by atoms with Crippen LogP contribution in [0.5, 0.6) is 0 Å². The summed E-state index contributed by atoms with van der Waals surface area (Å²) in [7, 11) is -3.37. The molecule has 3 rings (SSSR count). The van der Waals surface area contributed by atoms with Gasteiger partial charge >= 0.3 is 0 Å². The van der Waals surface area contributed by atoms with Crippen molar-refractivity contribution >= 4 is 21.7 Å². The summed E-state index contributed by atoms with van der Waals surface area (Å²) < 4.78 is 27.2. The number of anilines is 1. The van der Waals surface area contributed by atoms with Crippen LogP contribution in [0.15, 0.2) is 29.3 Å². The smallest absolute Gasteiger partial charge is 0.237 e. The molecule has 0 radical (unpaired) electrons. The number of nitrogens with one attached hydrogen (secondary N) is 2. The minimum atomic E-state index is -3.37. The number of fused-ring (bicyclic) bond motifs is 1. The topological polar surface area (TPSA) is 77.0 Å². The molecule has 0 aromatic heterocycles. The molecule has 1 fully saturated rings. The number of hydrogen-bond donors (Lipinski definition) is 2. The average molecular weight is 422 g/mol. The zero-order valence-corrected chi connectivity index (χ0v) is 18.5. The van der Waals surface area contributed by atoms with Crippen LogP contribution in [-0.4, -0.2) is 70.3 Å². The van der Waals surface area contributed by atoms with Crippen molar-refractivity contribution in [2.75, 3.05) is 49.3 Å². The lowest BCUT2D eigenvalue weighted by Crippen LogP contribution is -2.49. The number of aliphatic imine (C=N–C) groups is 1. The first kappa shape index (κ1) is 21.9. The van der Waals surface area contributed by atoms with Gasteiger partial charge in [-0.1, -0.05) is 25.1 Å². The summed E-state index contributed by atoms with van der Waals surface area (Å²) in [5.41, 5.74) is 1.92. The molecule has 0 atom stereocenters. The highest BCUT2D eigenvalue weighted by Gasteiger charge is 2.28. The Morgan fingerprint density at radius 1 is 1.17 bits per heavy atom. The minimum absolute atomic E-state index is 0.0207. The van der Waals surface area contributed by atoms with E-state index in [0.29, 0.717) is 12.6 Å². The zero-order chi connectivity index (χ0) is 20.7. The highest BCUT2D eigenvalue weighted by molar-refractivity contribution is 7.92. The molecule has 2 heterocycles. The molecule has 0 saturated carbocycles. The Labute approximate surface area is 175 Å². The molecule has 1 aromatic rings. The first-order valence-electron chi connectivity index (χ1n) is 10.9. The molecule has 0 spiro atoms. The van der Waals surface area contributed by atoms with Crippen LogP contribution < -0.4 is 14.9 Å². The van der Waals surface area contributed by atoms with Crippen molar-refractivity contribution in [1.29, 1.82) is 0 Å². The maximum atomic E-state index is 12.8. The molecule has 0 bridgehead atoms. The molecular formula is C21H35N5O2S. The normalized spacial score (nSPS) is 18.7. The van der Waals surface area contributed by atoms with Gasteiger partial charge in [-0.25, -0.2) is 8.42 Å². The van der Waals surface area contributed by atoms with Gasteiger partial charge in [-0.3, -0.25) is 9.30 Å². The fourth-order valence-corrected chi connectivity index (χ4v) is 5.50. The second kappa shape index (κ2) is 10.3. The van der Waals surface area contributed by atoms with E-state index in [1.807, 2.05) is 31.2 Å². The fourth-order valence-electron chi connectivity index (χ4n) is 4.11. The summed E-state index contributed by atoms with van der Waals surface area (Å²) >= 11 is 0. The molecule has 7 nitrogen and oxygen atoms in total. The summed E-state index contributed by atoms with van der Waals surface area (Å²) in [6, 6.07) is 8.13. The van der Waals surface area contributed by atoms with Crippen LogP contribution in [-0.2, 0) is 16.4 Å². The van der Waals surface area contributed by atoms with E-state index < -0.39 is 10.0 Å². The number of piperidine rings is 1. The Hall–Kier alpha value is -1.80. The summed E-state index contributed by atoms with van der Waals surface area (Å²) in [5, 5.41) is 6.75. The molecule has 1 aromatic carbocycles. The van der Waals surface area contributed by atoms with Gasteiger partial charge in [0, 0.05) is 32.2 Å². The van der Waals surface area contributed by atoms with Gasteiger partial charge in [0.1, 0.15) is 0 Å². The van der Waals surface area contributed by atoms with E-state index in [1.165, 1.54) is 13.0 Å². The lowest BCUT2D eigenvalue weighted by Gasteiger charge is -2.32. The molecule has 0 unspecified atom stereocenters. The molecule has 29 heavy (non-hydrogen) atoms. The van der Waals surface area contributed by atoms with E-state index in [9.17, 15) is 8.42 Å². The number of likely N-dealkylation sites (tertiary alicyclic amines) is 1.